The smallest absolute Gasteiger partial charge is 0.311 e. The number of nitrogens with one attached hydrogen (secondary N) is 2. The molecule has 2 heterocycles. The molecule has 1 aliphatic heterocycles. The van der Waals surface area contributed by atoms with E-state index in [1.165, 1.54) is 17.2 Å². The van der Waals surface area contributed by atoms with Crippen LogP contribution in [0.4, 0.5) is 20.6 Å². The molecule has 0 fully saturated rings. The molecule has 3 aromatic rings. The van der Waals surface area contributed by atoms with Crippen molar-refractivity contribution in [2.45, 2.75) is 19.6 Å². The molecule has 1 unspecified atom stereocenters. The summed E-state index contributed by atoms with van der Waals surface area (Å²) in [4.78, 5) is 31.5. The highest BCUT2D eigenvalue weighted by molar-refractivity contribution is 6.20. The lowest BCUT2D eigenvalue weighted by atomic mass is 10.00. The largest absolute Gasteiger partial charge is 0.321 e. The molecule has 1 atom stereocenters. The number of carbonyl (C=O) groups is 2. The fourth-order valence-corrected chi connectivity index (χ4v) is 3.38. The number of amides is 3. The van der Waals surface area contributed by atoms with Crippen LogP contribution < -0.4 is 15.5 Å². The van der Waals surface area contributed by atoms with E-state index in [0.29, 0.717) is 23.5 Å². The van der Waals surface area contributed by atoms with Gasteiger partial charge in [0.2, 0.25) is 6.17 Å². The van der Waals surface area contributed by atoms with Gasteiger partial charge in [0.15, 0.2) is 0 Å². The molecule has 0 saturated heterocycles. The van der Waals surface area contributed by atoms with E-state index in [2.05, 4.69) is 20.7 Å². The van der Waals surface area contributed by atoms with Crippen molar-refractivity contribution < 1.29 is 14.0 Å². The topological polar surface area (TPSA) is 91.6 Å². The van der Waals surface area contributed by atoms with E-state index in [4.69, 9.17) is 0 Å². The van der Waals surface area contributed by atoms with Gasteiger partial charge in [-0.2, -0.15) is 5.10 Å². The number of aromatic nitrogens is 2. The SMILES string of the molecule is CCn1cc(NC(=O)NC2N=C(c3ccccc3F)c3ccccc3N(C)C2=O)cn1. The predicted octanol–water partition coefficient (Wildman–Crippen LogP) is 3.00. The fourth-order valence-electron chi connectivity index (χ4n) is 3.38. The van der Waals surface area contributed by atoms with Crippen LogP contribution in [0.15, 0.2) is 65.9 Å². The lowest BCUT2D eigenvalue weighted by molar-refractivity contribution is -0.119. The lowest BCUT2D eigenvalue weighted by Crippen LogP contribution is -2.47. The number of carbonyl (C=O) groups excluding carboxylic acids is 2. The van der Waals surface area contributed by atoms with Gasteiger partial charge in [0.25, 0.3) is 5.91 Å². The van der Waals surface area contributed by atoms with E-state index in [-0.39, 0.29) is 11.3 Å². The number of benzodiazepines with no additional fused rings is 1. The molecular formula is C22H21FN6O2. The number of hydrogen-bond acceptors (Lipinski definition) is 4. The molecule has 8 nitrogen and oxygen atoms in total. The zero-order valence-corrected chi connectivity index (χ0v) is 17.0. The zero-order chi connectivity index (χ0) is 22.0. The number of likely N-dealkylation sites (N-methyl/N-ethyl adjacent to an activating group) is 1. The van der Waals surface area contributed by atoms with Gasteiger partial charge >= 0.3 is 6.03 Å². The minimum atomic E-state index is -1.24. The summed E-state index contributed by atoms with van der Waals surface area (Å²) in [6.07, 6.45) is 1.94. The van der Waals surface area contributed by atoms with Gasteiger partial charge < -0.3 is 15.5 Å². The predicted molar refractivity (Wildman–Crippen MR) is 116 cm³/mol. The molecular weight excluding hydrogens is 399 g/mol. The number of aryl methyl sites for hydroxylation is 1. The van der Waals surface area contributed by atoms with Crippen LogP contribution in [0.5, 0.6) is 0 Å². The minimum Gasteiger partial charge on any atom is -0.311 e. The van der Waals surface area contributed by atoms with Gasteiger partial charge in [0.05, 0.1) is 23.3 Å². The van der Waals surface area contributed by atoms with E-state index in [0.717, 1.165) is 0 Å². The number of para-hydroxylation sites is 1. The van der Waals surface area contributed by atoms with E-state index in [1.54, 1.807) is 60.4 Å². The summed E-state index contributed by atoms with van der Waals surface area (Å²) >= 11 is 0. The van der Waals surface area contributed by atoms with Gasteiger partial charge in [-0.15, -0.1) is 0 Å². The number of aliphatic imine (C=N–C) groups is 1. The van der Waals surface area contributed by atoms with Gasteiger partial charge in [-0.25, -0.2) is 14.2 Å². The Balaban J connectivity index is 1.70. The average Bonchev–Trinajstić information content (AvgIpc) is 3.20. The highest BCUT2D eigenvalue weighted by Gasteiger charge is 2.31. The van der Waals surface area contributed by atoms with Gasteiger partial charge in [0, 0.05) is 30.9 Å². The molecule has 2 aromatic carbocycles. The number of urea groups is 1. The monoisotopic (exact) mass is 420 g/mol. The van der Waals surface area contributed by atoms with Crippen molar-refractivity contribution in [3.63, 3.8) is 0 Å². The van der Waals surface area contributed by atoms with Crippen molar-refractivity contribution >= 4 is 29.0 Å². The summed E-state index contributed by atoms with van der Waals surface area (Å²) in [6.45, 7) is 2.58. The quantitative estimate of drug-likeness (QED) is 0.680. The number of anilines is 2. The van der Waals surface area contributed by atoms with Crippen molar-refractivity contribution in [1.82, 2.24) is 15.1 Å². The summed E-state index contributed by atoms with van der Waals surface area (Å²) in [5.41, 5.74) is 2.18. The van der Waals surface area contributed by atoms with E-state index in [9.17, 15) is 14.0 Å². The molecule has 4 rings (SSSR count). The molecule has 0 bridgehead atoms. The molecule has 1 aliphatic rings. The molecule has 3 amide bonds. The van der Waals surface area contributed by atoms with Gasteiger partial charge in [-0.3, -0.25) is 9.48 Å². The van der Waals surface area contributed by atoms with E-state index >= 15 is 0 Å². The Morgan fingerprint density at radius 1 is 1.13 bits per heavy atom. The number of rotatable bonds is 4. The molecule has 158 valence electrons. The summed E-state index contributed by atoms with van der Waals surface area (Å²) in [6, 6.07) is 12.7. The van der Waals surface area contributed by atoms with Crippen molar-refractivity contribution in [1.29, 1.82) is 0 Å². The average molecular weight is 420 g/mol. The van der Waals surface area contributed by atoms with Crippen LogP contribution in [0.1, 0.15) is 18.1 Å². The van der Waals surface area contributed by atoms with Crippen LogP contribution in [-0.2, 0) is 11.3 Å². The summed E-state index contributed by atoms with van der Waals surface area (Å²) < 4.78 is 16.3. The first kappa shape index (κ1) is 20.3. The zero-order valence-electron chi connectivity index (χ0n) is 17.0. The fraction of sp³-hybridized carbons (Fsp3) is 0.182. The molecule has 0 spiro atoms. The Morgan fingerprint density at radius 3 is 2.55 bits per heavy atom. The molecule has 0 radical (unpaired) electrons. The van der Waals surface area contributed by atoms with Crippen molar-refractivity contribution in [2.24, 2.45) is 4.99 Å². The lowest BCUT2D eigenvalue weighted by Gasteiger charge is -2.20. The highest BCUT2D eigenvalue weighted by Crippen LogP contribution is 2.28. The third-order valence-electron chi connectivity index (χ3n) is 4.96. The number of benzene rings is 2. The van der Waals surface area contributed by atoms with Crippen molar-refractivity contribution in [3.05, 3.63) is 77.9 Å². The van der Waals surface area contributed by atoms with Gasteiger partial charge in [0.1, 0.15) is 5.82 Å². The first-order valence-corrected chi connectivity index (χ1v) is 9.77. The Kier molecular flexibility index (Phi) is 5.48. The number of nitrogens with zero attached hydrogens (tertiary/aromatic N) is 4. The Labute approximate surface area is 178 Å². The van der Waals surface area contributed by atoms with Crippen LogP contribution in [0, 0.1) is 5.82 Å². The normalized spacial score (nSPS) is 15.7. The van der Waals surface area contributed by atoms with Crippen molar-refractivity contribution in [2.75, 3.05) is 17.3 Å². The van der Waals surface area contributed by atoms with E-state index < -0.39 is 23.9 Å². The second-order valence-electron chi connectivity index (χ2n) is 6.96. The van der Waals surface area contributed by atoms with Crippen LogP contribution in [-0.4, -0.2) is 40.6 Å². The number of hydrogen-bond donors (Lipinski definition) is 2. The highest BCUT2D eigenvalue weighted by atomic mass is 19.1. The maximum Gasteiger partial charge on any atom is 0.321 e. The second-order valence-corrected chi connectivity index (χ2v) is 6.96. The van der Waals surface area contributed by atoms with E-state index in [1.807, 2.05) is 6.92 Å². The molecule has 31 heavy (non-hydrogen) atoms. The second kappa shape index (κ2) is 8.39. The third-order valence-corrected chi connectivity index (χ3v) is 4.96. The Morgan fingerprint density at radius 2 is 1.84 bits per heavy atom. The number of halogens is 1. The Hall–Kier alpha value is -4.01. The molecule has 2 N–H and O–H groups in total. The molecule has 9 heteroatoms. The molecule has 0 saturated carbocycles. The van der Waals surface area contributed by atoms with Crippen LogP contribution >= 0.6 is 0 Å². The summed E-state index contributed by atoms with van der Waals surface area (Å²) in [5, 5.41) is 9.31. The molecule has 0 aliphatic carbocycles. The van der Waals surface area contributed by atoms with Crippen LogP contribution in [0.2, 0.25) is 0 Å². The maximum atomic E-state index is 14.6. The van der Waals surface area contributed by atoms with Gasteiger partial charge in [-0.05, 0) is 25.1 Å². The van der Waals surface area contributed by atoms with Crippen LogP contribution in [0.25, 0.3) is 0 Å². The first-order chi connectivity index (χ1) is 15.0. The third kappa shape index (κ3) is 4.02. The van der Waals surface area contributed by atoms with Crippen molar-refractivity contribution in [3.8, 4) is 0 Å². The maximum absolute atomic E-state index is 14.6. The van der Waals surface area contributed by atoms with Gasteiger partial charge in [-0.1, -0.05) is 30.3 Å². The summed E-state index contributed by atoms with van der Waals surface area (Å²) in [7, 11) is 1.60. The minimum absolute atomic E-state index is 0.245. The number of fused-ring (bicyclic) bond motifs is 1. The standard InChI is InChI=1S/C22H21FN6O2/c1-3-29-13-14(12-24-29)25-22(31)27-20-21(30)28(2)18-11-7-5-9-16(18)19(26-20)15-8-4-6-10-17(15)23/h4-13,20H,3H2,1-2H3,(H2,25,27,31). The Bertz CT molecular complexity index is 1170. The summed E-state index contributed by atoms with van der Waals surface area (Å²) in [5.74, 6) is -0.915. The first-order valence-electron chi connectivity index (χ1n) is 9.77. The molecule has 1 aromatic heterocycles. The van der Waals surface area contributed by atoms with Crippen LogP contribution in [0.3, 0.4) is 0 Å².